The van der Waals surface area contributed by atoms with Gasteiger partial charge >= 0.3 is 0 Å². The average Bonchev–Trinajstić information content (AvgIpc) is 2.35. The lowest BCUT2D eigenvalue weighted by molar-refractivity contribution is 0.102. The summed E-state index contributed by atoms with van der Waals surface area (Å²) in [6, 6.07) is 12.6. The summed E-state index contributed by atoms with van der Waals surface area (Å²) in [5, 5.41) is 3.21. The van der Waals surface area contributed by atoms with Crippen molar-refractivity contribution in [3.05, 3.63) is 56.6 Å². The molecule has 0 aromatic heterocycles. The number of rotatable bonds is 2. The Morgan fingerprint density at radius 1 is 1.17 bits per heavy atom. The topological polar surface area (TPSA) is 29.1 Å². The Kier molecular flexibility index (Phi) is 4.53. The minimum atomic E-state index is -0.239. The highest BCUT2D eigenvalue weighted by Gasteiger charge is 2.10. The van der Waals surface area contributed by atoms with Crippen molar-refractivity contribution in [2.75, 3.05) is 5.32 Å². The van der Waals surface area contributed by atoms with Crippen molar-refractivity contribution in [2.45, 2.75) is 4.90 Å². The van der Waals surface area contributed by atoms with Gasteiger partial charge in [-0.15, -0.1) is 12.6 Å². The maximum absolute atomic E-state index is 12.0. The Morgan fingerprint density at radius 2 is 1.83 bits per heavy atom. The molecule has 92 valence electrons. The van der Waals surface area contributed by atoms with Crippen LogP contribution in [0.5, 0.6) is 0 Å². The van der Waals surface area contributed by atoms with Gasteiger partial charge in [-0.25, -0.2) is 0 Å². The number of amides is 1. The summed E-state index contributed by atoms with van der Waals surface area (Å²) in [4.78, 5) is 12.7. The van der Waals surface area contributed by atoms with E-state index in [1.54, 1.807) is 18.2 Å². The molecule has 1 N–H and O–H groups in total. The quantitative estimate of drug-likeness (QED) is 0.575. The van der Waals surface area contributed by atoms with Crippen molar-refractivity contribution in [1.29, 1.82) is 0 Å². The Labute approximate surface area is 129 Å². The van der Waals surface area contributed by atoms with Crippen molar-refractivity contribution in [2.24, 2.45) is 0 Å². The molecule has 0 aliphatic carbocycles. The van der Waals surface area contributed by atoms with Crippen molar-refractivity contribution in [3.8, 4) is 0 Å². The van der Waals surface area contributed by atoms with Gasteiger partial charge in [-0.3, -0.25) is 4.79 Å². The Bertz CT molecular complexity index is 586. The fourth-order valence-corrected chi connectivity index (χ4v) is 2.19. The van der Waals surface area contributed by atoms with Gasteiger partial charge in [0.1, 0.15) is 0 Å². The molecule has 0 saturated carbocycles. The third kappa shape index (κ3) is 3.40. The minimum absolute atomic E-state index is 0.239. The van der Waals surface area contributed by atoms with Gasteiger partial charge in [-0.1, -0.05) is 11.6 Å². The van der Waals surface area contributed by atoms with Crippen molar-refractivity contribution < 1.29 is 4.79 Å². The number of hydrogen-bond donors (Lipinski definition) is 2. The van der Waals surface area contributed by atoms with Crippen LogP contribution in [0.15, 0.2) is 47.4 Å². The molecule has 0 radical (unpaired) electrons. The summed E-state index contributed by atoms with van der Waals surface area (Å²) in [6.07, 6.45) is 0. The third-order valence-corrected chi connectivity index (χ3v) is 3.62. The van der Waals surface area contributed by atoms with Crippen LogP contribution in [0.1, 0.15) is 10.4 Å². The highest BCUT2D eigenvalue weighted by atomic mass is 127. The molecular weight excluding hydrogens is 381 g/mol. The van der Waals surface area contributed by atoms with E-state index in [9.17, 15) is 4.79 Å². The number of benzene rings is 2. The van der Waals surface area contributed by atoms with Gasteiger partial charge in [-0.05, 0) is 65.1 Å². The normalized spacial score (nSPS) is 10.2. The number of anilines is 1. The fraction of sp³-hybridized carbons (Fsp3) is 0. The molecule has 0 saturated heterocycles. The van der Waals surface area contributed by atoms with Crippen LogP contribution in [-0.4, -0.2) is 5.91 Å². The molecule has 2 nitrogen and oxygen atoms in total. The van der Waals surface area contributed by atoms with E-state index in [2.05, 4.69) is 40.5 Å². The number of halogens is 2. The average molecular weight is 390 g/mol. The van der Waals surface area contributed by atoms with E-state index in [1.165, 1.54) is 0 Å². The standard InChI is InChI=1S/C13H9ClINOS/c14-12-6-5-10(18)7-11(12)13(17)16-9-3-1-8(15)2-4-9/h1-7,18H,(H,16,17). The molecule has 0 unspecified atom stereocenters. The Morgan fingerprint density at radius 3 is 2.50 bits per heavy atom. The van der Waals surface area contributed by atoms with Crippen LogP contribution in [-0.2, 0) is 0 Å². The minimum Gasteiger partial charge on any atom is -0.322 e. The molecule has 0 aliphatic heterocycles. The maximum Gasteiger partial charge on any atom is 0.257 e. The number of carbonyl (C=O) groups is 1. The van der Waals surface area contributed by atoms with E-state index < -0.39 is 0 Å². The second-order valence-corrected chi connectivity index (χ2v) is 5.79. The molecule has 18 heavy (non-hydrogen) atoms. The molecule has 0 bridgehead atoms. The van der Waals surface area contributed by atoms with Crippen LogP contribution in [0.3, 0.4) is 0 Å². The largest absolute Gasteiger partial charge is 0.322 e. The van der Waals surface area contributed by atoms with Crippen LogP contribution in [0, 0.1) is 3.57 Å². The highest BCUT2D eigenvalue weighted by molar-refractivity contribution is 14.1. The van der Waals surface area contributed by atoms with Crippen LogP contribution in [0.25, 0.3) is 0 Å². The summed E-state index contributed by atoms with van der Waals surface area (Å²) in [5.41, 5.74) is 1.16. The second-order valence-electron chi connectivity index (χ2n) is 3.63. The molecule has 0 spiro atoms. The molecule has 5 heteroatoms. The van der Waals surface area contributed by atoms with Crippen LogP contribution < -0.4 is 5.32 Å². The zero-order valence-corrected chi connectivity index (χ0v) is 13.0. The fourth-order valence-electron chi connectivity index (χ4n) is 1.42. The van der Waals surface area contributed by atoms with E-state index in [0.717, 1.165) is 9.26 Å². The van der Waals surface area contributed by atoms with Crippen molar-refractivity contribution in [3.63, 3.8) is 0 Å². The lowest BCUT2D eigenvalue weighted by Gasteiger charge is -2.07. The summed E-state index contributed by atoms with van der Waals surface area (Å²) >= 11 is 12.4. The lowest BCUT2D eigenvalue weighted by Crippen LogP contribution is -2.12. The molecule has 2 rings (SSSR count). The number of hydrogen-bond acceptors (Lipinski definition) is 2. The molecular formula is C13H9ClINOS. The first-order valence-corrected chi connectivity index (χ1v) is 7.02. The lowest BCUT2D eigenvalue weighted by atomic mass is 10.2. The van der Waals surface area contributed by atoms with Gasteiger partial charge in [0.2, 0.25) is 0 Å². The smallest absolute Gasteiger partial charge is 0.257 e. The van der Waals surface area contributed by atoms with Gasteiger partial charge < -0.3 is 5.32 Å². The van der Waals surface area contributed by atoms with Crippen LogP contribution in [0.2, 0.25) is 5.02 Å². The number of thiol groups is 1. The first kappa shape index (κ1) is 13.7. The Hall–Kier alpha value is -0.720. The van der Waals surface area contributed by atoms with E-state index in [0.29, 0.717) is 15.5 Å². The summed E-state index contributed by atoms with van der Waals surface area (Å²) in [5.74, 6) is -0.239. The summed E-state index contributed by atoms with van der Waals surface area (Å²) in [6.45, 7) is 0. The summed E-state index contributed by atoms with van der Waals surface area (Å²) in [7, 11) is 0. The van der Waals surface area contributed by atoms with Gasteiger partial charge in [0, 0.05) is 14.2 Å². The zero-order valence-electron chi connectivity index (χ0n) is 9.15. The Balaban J connectivity index is 2.21. The monoisotopic (exact) mass is 389 g/mol. The van der Waals surface area contributed by atoms with Gasteiger partial charge in [0.05, 0.1) is 10.6 Å². The maximum atomic E-state index is 12.0. The third-order valence-electron chi connectivity index (χ3n) is 2.30. The van der Waals surface area contributed by atoms with E-state index in [1.807, 2.05) is 24.3 Å². The van der Waals surface area contributed by atoms with Gasteiger partial charge in [0.25, 0.3) is 5.91 Å². The predicted octanol–water partition coefficient (Wildman–Crippen LogP) is 4.49. The molecule has 0 atom stereocenters. The van der Waals surface area contributed by atoms with Gasteiger partial charge in [0.15, 0.2) is 0 Å². The van der Waals surface area contributed by atoms with E-state index in [4.69, 9.17) is 11.6 Å². The zero-order chi connectivity index (χ0) is 13.1. The van der Waals surface area contributed by atoms with Crippen molar-refractivity contribution >= 4 is 58.4 Å². The molecule has 2 aromatic rings. The van der Waals surface area contributed by atoms with E-state index in [-0.39, 0.29) is 5.91 Å². The molecule has 0 fully saturated rings. The highest BCUT2D eigenvalue weighted by Crippen LogP contribution is 2.21. The SMILES string of the molecule is O=C(Nc1ccc(I)cc1)c1cc(S)ccc1Cl. The van der Waals surface area contributed by atoms with Gasteiger partial charge in [-0.2, -0.15) is 0 Å². The summed E-state index contributed by atoms with van der Waals surface area (Å²) < 4.78 is 1.11. The van der Waals surface area contributed by atoms with Crippen LogP contribution in [0.4, 0.5) is 5.69 Å². The molecule has 2 aromatic carbocycles. The molecule has 1 amide bonds. The first-order chi connectivity index (χ1) is 8.56. The number of carbonyl (C=O) groups excluding carboxylic acids is 1. The van der Waals surface area contributed by atoms with Crippen LogP contribution >= 0.6 is 46.8 Å². The molecule has 0 aliphatic rings. The molecule has 0 heterocycles. The van der Waals surface area contributed by atoms with E-state index >= 15 is 0 Å². The number of nitrogens with one attached hydrogen (secondary N) is 1. The first-order valence-electron chi connectivity index (χ1n) is 5.12. The van der Waals surface area contributed by atoms with Crippen molar-refractivity contribution in [1.82, 2.24) is 0 Å². The second kappa shape index (κ2) is 5.95. The predicted molar refractivity (Wildman–Crippen MR) is 85.8 cm³/mol.